The summed E-state index contributed by atoms with van der Waals surface area (Å²) in [5, 5.41) is 0. The molecule has 1 heterocycles. The first-order chi connectivity index (χ1) is 9.80. The van der Waals surface area contributed by atoms with Crippen LogP contribution in [0.3, 0.4) is 0 Å². The highest BCUT2D eigenvalue weighted by Gasteiger charge is 2.36. The molecular weight excluding hydrogens is 268 g/mol. The minimum atomic E-state index is -0.491. The van der Waals surface area contributed by atoms with E-state index in [4.69, 9.17) is 15.2 Å². The Morgan fingerprint density at radius 2 is 2.05 bits per heavy atom. The van der Waals surface area contributed by atoms with Crippen molar-refractivity contribution < 1.29 is 14.3 Å². The predicted molar refractivity (Wildman–Crippen MR) is 81.5 cm³/mol. The van der Waals surface area contributed by atoms with E-state index in [2.05, 4.69) is 0 Å². The lowest BCUT2D eigenvalue weighted by atomic mass is 9.95. The molecule has 0 aliphatic carbocycles. The van der Waals surface area contributed by atoms with Gasteiger partial charge in [0, 0.05) is 25.0 Å². The molecule has 1 aromatic carbocycles. The molecule has 1 saturated heterocycles. The van der Waals surface area contributed by atoms with Gasteiger partial charge < -0.3 is 20.1 Å². The van der Waals surface area contributed by atoms with Gasteiger partial charge in [-0.25, -0.2) is 4.79 Å². The molecule has 0 unspecified atom stereocenters. The van der Waals surface area contributed by atoms with E-state index in [1.807, 2.05) is 45.0 Å². The van der Waals surface area contributed by atoms with Crippen molar-refractivity contribution in [3.63, 3.8) is 0 Å². The normalized spacial score (nSPS) is 22.2. The van der Waals surface area contributed by atoms with Gasteiger partial charge in [0.2, 0.25) is 0 Å². The van der Waals surface area contributed by atoms with Crippen LogP contribution in [-0.4, -0.2) is 42.8 Å². The summed E-state index contributed by atoms with van der Waals surface area (Å²) >= 11 is 0. The molecule has 5 heteroatoms. The quantitative estimate of drug-likeness (QED) is 0.909. The molecule has 1 aliphatic heterocycles. The van der Waals surface area contributed by atoms with E-state index in [-0.39, 0.29) is 18.1 Å². The maximum Gasteiger partial charge on any atom is 0.410 e. The first-order valence-corrected chi connectivity index (χ1v) is 7.17. The largest absolute Gasteiger partial charge is 0.497 e. The molecule has 2 atom stereocenters. The van der Waals surface area contributed by atoms with E-state index in [9.17, 15) is 4.79 Å². The van der Waals surface area contributed by atoms with Gasteiger partial charge in [0.15, 0.2) is 0 Å². The third kappa shape index (κ3) is 3.88. The molecule has 1 aromatic rings. The monoisotopic (exact) mass is 292 g/mol. The van der Waals surface area contributed by atoms with Gasteiger partial charge in [-0.2, -0.15) is 0 Å². The van der Waals surface area contributed by atoms with Crippen molar-refractivity contribution in [2.24, 2.45) is 5.73 Å². The van der Waals surface area contributed by atoms with E-state index >= 15 is 0 Å². The highest BCUT2D eigenvalue weighted by molar-refractivity contribution is 5.69. The molecule has 1 fully saturated rings. The molecule has 0 aromatic heterocycles. The van der Waals surface area contributed by atoms with Crippen LogP contribution in [0.25, 0.3) is 0 Å². The summed E-state index contributed by atoms with van der Waals surface area (Å²) in [4.78, 5) is 13.8. The lowest BCUT2D eigenvalue weighted by Crippen LogP contribution is -2.36. The number of nitrogens with two attached hydrogens (primary N) is 1. The Balaban J connectivity index is 2.08. The van der Waals surface area contributed by atoms with Crippen molar-refractivity contribution in [2.45, 2.75) is 38.3 Å². The van der Waals surface area contributed by atoms with E-state index < -0.39 is 5.60 Å². The number of rotatable bonds is 2. The lowest BCUT2D eigenvalue weighted by Gasteiger charge is -2.24. The third-order valence-electron chi connectivity index (χ3n) is 3.54. The molecule has 1 amide bonds. The van der Waals surface area contributed by atoms with Gasteiger partial charge in [-0.05, 0) is 38.5 Å². The Morgan fingerprint density at radius 3 is 2.67 bits per heavy atom. The zero-order valence-electron chi connectivity index (χ0n) is 13.1. The summed E-state index contributed by atoms with van der Waals surface area (Å²) in [7, 11) is 1.64. The van der Waals surface area contributed by atoms with Crippen molar-refractivity contribution >= 4 is 6.09 Å². The summed E-state index contributed by atoms with van der Waals surface area (Å²) in [6.07, 6.45) is -0.302. The first kappa shape index (κ1) is 15.6. The van der Waals surface area contributed by atoms with Crippen LogP contribution in [0.1, 0.15) is 32.3 Å². The molecule has 1 aliphatic rings. The summed E-state index contributed by atoms with van der Waals surface area (Å²) in [5.74, 6) is 0.906. The first-order valence-electron chi connectivity index (χ1n) is 7.17. The second-order valence-corrected chi connectivity index (χ2v) is 6.43. The zero-order chi connectivity index (χ0) is 15.6. The summed E-state index contributed by atoms with van der Waals surface area (Å²) in [5.41, 5.74) is 6.80. The Kier molecular flexibility index (Phi) is 4.42. The number of ether oxygens (including phenoxy) is 2. The highest BCUT2D eigenvalue weighted by atomic mass is 16.6. The molecular formula is C16H24N2O3. The molecule has 0 saturated carbocycles. The van der Waals surface area contributed by atoms with Gasteiger partial charge in [0.1, 0.15) is 11.4 Å². The van der Waals surface area contributed by atoms with Crippen LogP contribution in [0, 0.1) is 0 Å². The topological polar surface area (TPSA) is 64.8 Å². The smallest absolute Gasteiger partial charge is 0.410 e. The number of hydrogen-bond donors (Lipinski definition) is 1. The Bertz CT molecular complexity index is 510. The summed E-state index contributed by atoms with van der Waals surface area (Å²) < 4.78 is 10.6. The zero-order valence-corrected chi connectivity index (χ0v) is 13.1. The van der Waals surface area contributed by atoms with Crippen molar-refractivity contribution in [3.05, 3.63) is 29.8 Å². The Hall–Kier alpha value is -1.75. The van der Waals surface area contributed by atoms with Gasteiger partial charge >= 0.3 is 6.09 Å². The van der Waals surface area contributed by atoms with Crippen LogP contribution in [-0.2, 0) is 4.74 Å². The number of likely N-dealkylation sites (tertiary alicyclic amines) is 1. The van der Waals surface area contributed by atoms with Crippen molar-refractivity contribution in [1.29, 1.82) is 0 Å². The van der Waals surface area contributed by atoms with Crippen molar-refractivity contribution in [3.8, 4) is 5.75 Å². The van der Waals surface area contributed by atoms with Crippen molar-refractivity contribution in [1.82, 2.24) is 4.90 Å². The molecule has 116 valence electrons. The van der Waals surface area contributed by atoms with Crippen LogP contribution in [0.2, 0.25) is 0 Å². The SMILES string of the molecule is COc1cccc([C@@H]2CN(C(=O)OC(C)(C)C)C[C@H]2N)c1. The van der Waals surface area contributed by atoms with E-state index in [1.54, 1.807) is 12.0 Å². The number of amides is 1. The van der Waals surface area contributed by atoms with Crippen LogP contribution < -0.4 is 10.5 Å². The van der Waals surface area contributed by atoms with Crippen LogP contribution >= 0.6 is 0 Å². The number of hydrogen-bond acceptors (Lipinski definition) is 4. The predicted octanol–water partition coefficient (Wildman–Crippen LogP) is 2.36. The fourth-order valence-corrected chi connectivity index (χ4v) is 2.53. The molecule has 0 radical (unpaired) electrons. The second kappa shape index (κ2) is 5.93. The molecule has 2 rings (SSSR count). The summed E-state index contributed by atoms with van der Waals surface area (Å²) in [6, 6.07) is 7.74. The fraction of sp³-hybridized carbons (Fsp3) is 0.562. The van der Waals surface area contributed by atoms with E-state index in [1.165, 1.54) is 0 Å². The Morgan fingerprint density at radius 1 is 1.33 bits per heavy atom. The minimum Gasteiger partial charge on any atom is -0.497 e. The highest BCUT2D eigenvalue weighted by Crippen LogP contribution is 2.29. The van der Waals surface area contributed by atoms with E-state index in [0.717, 1.165) is 11.3 Å². The average Bonchev–Trinajstić information content (AvgIpc) is 2.79. The molecule has 21 heavy (non-hydrogen) atoms. The van der Waals surface area contributed by atoms with E-state index in [0.29, 0.717) is 13.1 Å². The van der Waals surface area contributed by atoms with Gasteiger partial charge in [0.05, 0.1) is 7.11 Å². The standard InChI is InChI=1S/C16H24N2O3/c1-16(2,3)21-15(19)18-9-13(14(17)10-18)11-6-5-7-12(8-11)20-4/h5-8,13-14H,9-10,17H2,1-4H3/t13-,14+/m0/s1. The van der Waals surface area contributed by atoms with Crippen molar-refractivity contribution in [2.75, 3.05) is 20.2 Å². The minimum absolute atomic E-state index is 0.0929. The maximum absolute atomic E-state index is 12.1. The third-order valence-corrected chi connectivity index (χ3v) is 3.54. The summed E-state index contributed by atoms with van der Waals surface area (Å²) in [6.45, 7) is 6.67. The molecule has 0 bridgehead atoms. The molecule has 0 spiro atoms. The van der Waals surface area contributed by atoms with Crippen LogP contribution in [0.15, 0.2) is 24.3 Å². The lowest BCUT2D eigenvalue weighted by molar-refractivity contribution is 0.0290. The maximum atomic E-state index is 12.1. The van der Waals surface area contributed by atoms with Crippen LogP contribution in [0.5, 0.6) is 5.75 Å². The van der Waals surface area contributed by atoms with Gasteiger partial charge in [0.25, 0.3) is 0 Å². The van der Waals surface area contributed by atoms with Gasteiger partial charge in [-0.1, -0.05) is 12.1 Å². The number of nitrogens with zero attached hydrogens (tertiary/aromatic N) is 1. The Labute approximate surface area is 126 Å². The van der Waals surface area contributed by atoms with Gasteiger partial charge in [-0.15, -0.1) is 0 Å². The molecule has 2 N–H and O–H groups in total. The van der Waals surface area contributed by atoms with Gasteiger partial charge in [-0.3, -0.25) is 0 Å². The second-order valence-electron chi connectivity index (χ2n) is 6.43. The van der Waals surface area contributed by atoms with Crippen LogP contribution in [0.4, 0.5) is 4.79 Å². The number of carbonyl (C=O) groups is 1. The number of benzene rings is 1. The average molecular weight is 292 g/mol. The fourth-order valence-electron chi connectivity index (χ4n) is 2.53. The molecule has 5 nitrogen and oxygen atoms in total. The number of methoxy groups -OCH3 is 1. The number of carbonyl (C=O) groups excluding carboxylic acids is 1.